The van der Waals surface area contributed by atoms with Crippen LogP contribution in [0.3, 0.4) is 0 Å². The van der Waals surface area contributed by atoms with Gasteiger partial charge in [0.25, 0.3) is 0 Å². The van der Waals surface area contributed by atoms with Crippen molar-refractivity contribution in [3.8, 4) is 0 Å². The van der Waals surface area contributed by atoms with Gasteiger partial charge >= 0.3 is 0 Å². The molecule has 0 unspecified atom stereocenters. The molecule has 0 rings (SSSR count). The number of unbranched alkanes of at least 4 members (excludes halogenated alkanes) is 1. The van der Waals surface area contributed by atoms with Gasteiger partial charge in [0, 0.05) is 19.8 Å². The first kappa shape index (κ1) is 12.1. The fourth-order valence-corrected chi connectivity index (χ4v) is 2.28. The molecular weight excluding hydrogens is 168 g/mol. The van der Waals surface area contributed by atoms with Crippen molar-refractivity contribution in [2.24, 2.45) is 0 Å². The van der Waals surface area contributed by atoms with E-state index in [-0.39, 0.29) is 9.76 Å². The van der Waals surface area contributed by atoms with Crippen LogP contribution < -0.4 is 0 Å². The van der Waals surface area contributed by atoms with Crippen LogP contribution in [0.1, 0.15) is 33.1 Å². The fourth-order valence-electron chi connectivity index (χ4n) is 0.964. The van der Waals surface area contributed by atoms with E-state index >= 15 is 0 Å². The summed E-state index contributed by atoms with van der Waals surface area (Å²) in [5.41, 5.74) is 0. The predicted octanol–water partition coefficient (Wildman–Crippen LogP) is 1.73. The molecule has 0 amide bonds. The largest absolute Gasteiger partial charge is 0.424 e. The van der Waals surface area contributed by atoms with Crippen molar-refractivity contribution >= 4 is 9.76 Å². The molecule has 0 saturated carbocycles. The maximum absolute atomic E-state index is 5.54. The van der Waals surface area contributed by atoms with Crippen molar-refractivity contribution in [1.29, 1.82) is 0 Å². The molecule has 0 aliphatic heterocycles. The van der Waals surface area contributed by atoms with E-state index in [0.29, 0.717) is 0 Å². The zero-order chi connectivity index (χ0) is 9.07. The van der Waals surface area contributed by atoms with Crippen LogP contribution in [0.4, 0.5) is 0 Å². The third-order valence-corrected chi connectivity index (χ3v) is 3.04. The Morgan fingerprint density at radius 1 is 1.08 bits per heavy atom. The van der Waals surface area contributed by atoms with Gasteiger partial charge < -0.3 is 9.16 Å². The van der Waals surface area contributed by atoms with Crippen LogP contribution in [0.15, 0.2) is 0 Å². The van der Waals surface area contributed by atoms with Gasteiger partial charge in [0.15, 0.2) is 9.76 Å². The Hall–Kier alpha value is 0.137. The summed E-state index contributed by atoms with van der Waals surface area (Å²) in [6.07, 6.45) is 3.71. The minimum atomic E-state index is -0.189. The Morgan fingerprint density at radius 2 is 1.92 bits per heavy atom. The molecule has 3 heteroatoms. The van der Waals surface area contributed by atoms with E-state index in [4.69, 9.17) is 9.16 Å². The molecule has 0 aliphatic rings. The number of rotatable bonds is 9. The smallest absolute Gasteiger partial charge is 0.161 e. The van der Waals surface area contributed by atoms with Crippen molar-refractivity contribution in [2.45, 2.75) is 39.2 Å². The lowest BCUT2D eigenvalue weighted by atomic mass is 10.4. The summed E-state index contributed by atoms with van der Waals surface area (Å²) in [5, 5.41) is 0. The van der Waals surface area contributed by atoms with E-state index in [1.54, 1.807) is 0 Å². The quantitative estimate of drug-likeness (QED) is 0.407. The van der Waals surface area contributed by atoms with Crippen molar-refractivity contribution in [1.82, 2.24) is 0 Å². The van der Waals surface area contributed by atoms with Gasteiger partial charge in [-0.1, -0.05) is 19.8 Å². The summed E-state index contributed by atoms with van der Waals surface area (Å²) in [5.74, 6) is 0. The second kappa shape index (κ2) is 11.1. The molecule has 0 atom stereocenters. The average molecular weight is 190 g/mol. The third kappa shape index (κ3) is 10.1. The first-order valence-corrected chi connectivity index (χ1v) is 6.65. The zero-order valence-corrected chi connectivity index (χ0v) is 9.89. The monoisotopic (exact) mass is 190 g/mol. The van der Waals surface area contributed by atoms with Crippen molar-refractivity contribution in [2.75, 3.05) is 19.8 Å². The Morgan fingerprint density at radius 3 is 2.58 bits per heavy atom. The molecule has 0 aromatic carbocycles. The molecule has 2 nitrogen and oxygen atoms in total. The summed E-state index contributed by atoms with van der Waals surface area (Å²) in [6.45, 7) is 6.85. The molecule has 0 aromatic heterocycles. The number of hydrogen-bond acceptors (Lipinski definition) is 2. The van der Waals surface area contributed by atoms with E-state index < -0.39 is 0 Å². The SMILES string of the molecule is CCCC[SiH2]OCCCOCC. The highest BCUT2D eigenvalue weighted by Crippen LogP contribution is 1.94. The predicted molar refractivity (Wildman–Crippen MR) is 55.3 cm³/mol. The molecule has 0 aliphatic carbocycles. The molecule has 12 heavy (non-hydrogen) atoms. The Kier molecular flexibility index (Phi) is 11.3. The first-order valence-electron chi connectivity index (χ1n) is 5.07. The van der Waals surface area contributed by atoms with Gasteiger partial charge in [0.1, 0.15) is 0 Å². The minimum Gasteiger partial charge on any atom is -0.424 e. The van der Waals surface area contributed by atoms with Crippen LogP contribution in [-0.2, 0) is 9.16 Å². The van der Waals surface area contributed by atoms with Crippen molar-refractivity contribution < 1.29 is 9.16 Å². The summed E-state index contributed by atoms with van der Waals surface area (Å²) < 4.78 is 10.7. The highest BCUT2D eigenvalue weighted by atomic mass is 28.2. The lowest BCUT2D eigenvalue weighted by molar-refractivity contribution is 0.131. The van der Waals surface area contributed by atoms with E-state index in [1.807, 2.05) is 6.92 Å². The standard InChI is InChI=1S/C9H22O2Si/c1-3-5-9-12-11-8-6-7-10-4-2/h3-9,12H2,1-2H3. The minimum absolute atomic E-state index is 0.189. The van der Waals surface area contributed by atoms with E-state index in [2.05, 4.69) is 6.92 Å². The van der Waals surface area contributed by atoms with Crippen molar-refractivity contribution in [3.63, 3.8) is 0 Å². The van der Waals surface area contributed by atoms with E-state index in [1.165, 1.54) is 18.9 Å². The molecule has 0 radical (unpaired) electrons. The summed E-state index contributed by atoms with van der Waals surface area (Å²) >= 11 is 0. The Balaban J connectivity index is 2.73. The number of hydrogen-bond donors (Lipinski definition) is 0. The van der Waals surface area contributed by atoms with Gasteiger partial charge in [-0.2, -0.15) is 0 Å². The van der Waals surface area contributed by atoms with Gasteiger partial charge in [0.2, 0.25) is 0 Å². The highest BCUT2D eigenvalue weighted by Gasteiger charge is 1.89. The van der Waals surface area contributed by atoms with Crippen molar-refractivity contribution in [3.05, 3.63) is 0 Å². The molecule has 0 bridgehead atoms. The molecule has 0 heterocycles. The Labute approximate surface area is 78.6 Å². The zero-order valence-electron chi connectivity index (χ0n) is 8.47. The second-order valence-electron chi connectivity index (χ2n) is 2.87. The van der Waals surface area contributed by atoms with Crippen LogP contribution in [0.2, 0.25) is 6.04 Å². The molecular formula is C9H22O2Si. The van der Waals surface area contributed by atoms with Gasteiger partial charge in [-0.15, -0.1) is 0 Å². The maximum atomic E-state index is 5.54. The lowest BCUT2D eigenvalue weighted by Gasteiger charge is -2.03. The summed E-state index contributed by atoms with van der Waals surface area (Å²) in [6, 6.07) is 1.34. The summed E-state index contributed by atoms with van der Waals surface area (Å²) in [7, 11) is -0.189. The van der Waals surface area contributed by atoms with E-state index in [9.17, 15) is 0 Å². The van der Waals surface area contributed by atoms with Crippen LogP contribution in [-0.4, -0.2) is 29.6 Å². The molecule has 74 valence electrons. The topological polar surface area (TPSA) is 18.5 Å². The Bertz CT molecular complexity index is 68.9. The fraction of sp³-hybridized carbons (Fsp3) is 1.00. The first-order chi connectivity index (χ1) is 5.91. The number of ether oxygens (including phenoxy) is 1. The summed E-state index contributed by atoms with van der Waals surface area (Å²) in [4.78, 5) is 0. The van der Waals surface area contributed by atoms with Crippen LogP contribution in [0.25, 0.3) is 0 Å². The normalized spacial score (nSPS) is 11.5. The average Bonchev–Trinajstić information content (AvgIpc) is 2.10. The van der Waals surface area contributed by atoms with Crippen LogP contribution in [0, 0.1) is 0 Å². The molecule has 0 aromatic rings. The van der Waals surface area contributed by atoms with Gasteiger partial charge in [-0.05, 0) is 19.4 Å². The highest BCUT2D eigenvalue weighted by molar-refractivity contribution is 6.26. The van der Waals surface area contributed by atoms with E-state index in [0.717, 1.165) is 26.2 Å². The maximum Gasteiger partial charge on any atom is 0.161 e. The lowest BCUT2D eigenvalue weighted by Crippen LogP contribution is -2.03. The van der Waals surface area contributed by atoms with Crippen LogP contribution in [0.5, 0.6) is 0 Å². The second-order valence-corrected chi connectivity index (χ2v) is 4.39. The molecule has 0 fully saturated rings. The van der Waals surface area contributed by atoms with Crippen LogP contribution >= 0.6 is 0 Å². The third-order valence-electron chi connectivity index (χ3n) is 1.67. The molecule has 0 N–H and O–H groups in total. The van der Waals surface area contributed by atoms with Gasteiger partial charge in [-0.3, -0.25) is 0 Å². The van der Waals surface area contributed by atoms with Gasteiger partial charge in [-0.25, -0.2) is 0 Å². The molecule has 0 saturated heterocycles. The molecule has 0 spiro atoms. The van der Waals surface area contributed by atoms with Gasteiger partial charge in [0.05, 0.1) is 0 Å².